The topological polar surface area (TPSA) is 98.8 Å². The lowest BCUT2D eigenvalue weighted by Crippen LogP contribution is -2.60. The van der Waals surface area contributed by atoms with Gasteiger partial charge in [0.1, 0.15) is 6.04 Å². The minimum absolute atomic E-state index is 0.00257. The van der Waals surface area contributed by atoms with Crippen LogP contribution in [-0.4, -0.2) is 61.9 Å². The predicted octanol–water partition coefficient (Wildman–Crippen LogP) is 5.18. The first-order chi connectivity index (χ1) is 18.9. The molecule has 3 amide bonds. The van der Waals surface area contributed by atoms with Gasteiger partial charge in [-0.15, -0.1) is 0 Å². The number of rotatable bonds is 7. The second-order valence-corrected chi connectivity index (χ2v) is 11.6. The Bertz CT molecular complexity index is 1370. The Morgan fingerprint density at radius 1 is 0.976 bits per heavy atom. The molecular formula is C26H30F6N4O4S. The van der Waals surface area contributed by atoms with Crippen LogP contribution in [0.4, 0.5) is 36.8 Å². The van der Waals surface area contributed by atoms with E-state index in [9.17, 15) is 44.3 Å². The Morgan fingerprint density at radius 2 is 1.56 bits per heavy atom. The second kappa shape index (κ2) is 12.3. The van der Waals surface area contributed by atoms with Crippen molar-refractivity contribution in [2.75, 3.05) is 25.0 Å². The van der Waals surface area contributed by atoms with Gasteiger partial charge in [-0.25, -0.2) is 13.2 Å². The van der Waals surface area contributed by atoms with Crippen molar-refractivity contribution in [3.8, 4) is 0 Å². The number of hydrogen-bond acceptors (Lipinski definition) is 4. The van der Waals surface area contributed by atoms with Crippen molar-refractivity contribution in [3.05, 3.63) is 59.7 Å². The van der Waals surface area contributed by atoms with E-state index >= 15 is 0 Å². The van der Waals surface area contributed by atoms with Gasteiger partial charge in [0.25, 0.3) is 0 Å². The number of carbonyl (C=O) groups is 2. The molecule has 3 atom stereocenters. The largest absolute Gasteiger partial charge is 0.416 e. The van der Waals surface area contributed by atoms with Gasteiger partial charge < -0.3 is 15.1 Å². The number of nitrogens with zero attached hydrogens (tertiary/aromatic N) is 2. The van der Waals surface area contributed by atoms with E-state index in [1.54, 1.807) is 20.8 Å². The third-order valence-corrected chi connectivity index (χ3v) is 8.31. The van der Waals surface area contributed by atoms with E-state index in [0.717, 1.165) is 36.4 Å². The smallest absolute Gasteiger partial charge is 0.337 e. The fourth-order valence-electron chi connectivity index (χ4n) is 4.35. The van der Waals surface area contributed by atoms with Crippen LogP contribution in [0.1, 0.15) is 38.3 Å². The molecular weight excluding hydrogens is 578 g/mol. The summed E-state index contributed by atoms with van der Waals surface area (Å²) < 4.78 is 107. The number of carbonyl (C=O) groups excluding carboxylic acids is 2. The minimum Gasteiger partial charge on any atom is -0.337 e. The summed E-state index contributed by atoms with van der Waals surface area (Å²) in [6, 6.07) is 4.78. The highest BCUT2D eigenvalue weighted by molar-refractivity contribution is 7.89. The summed E-state index contributed by atoms with van der Waals surface area (Å²) in [5.41, 5.74) is -2.14. The van der Waals surface area contributed by atoms with Gasteiger partial charge in [0.05, 0.1) is 16.0 Å². The molecule has 226 valence electrons. The summed E-state index contributed by atoms with van der Waals surface area (Å²) >= 11 is 0. The van der Waals surface area contributed by atoms with Crippen LogP contribution >= 0.6 is 0 Å². The summed E-state index contributed by atoms with van der Waals surface area (Å²) in [6.45, 7) is 4.97. The molecule has 1 saturated heterocycles. The highest BCUT2D eigenvalue weighted by Gasteiger charge is 2.38. The maximum Gasteiger partial charge on any atom is 0.416 e. The fourth-order valence-corrected chi connectivity index (χ4v) is 5.69. The van der Waals surface area contributed by atoms with Crippen molar-refractivity contribution in [2.45, 2.75) is 56.5 Å². The molecule has 0 saturated carbocycles. The van der Waals surface area contributed by atoms with E-state index in [1.165, 1.54) is 15.9 Å². The monoisotopic (exact) mass is 608 g/mol. The zero-order valence-corrected chi connectivity index (χ0v) is 23.2. The van der Waals surface area contributed by atoms with Gasteiger partial charge in [-0.05, 0) is 49.2 Å². The Balaban J connectivity index is 1.72. The molecule has 15 heteroatoms. The third-order valence-electron chi connectivity index (χ3n) is 6.87. The van der Waals surface area contributed by atoms with Crippen molar-refractivity contribution in [1.82, 2.24) is 14.5 Å². The Labute approximate surface area is 233 Å². The summed E-state index contributed by atoms with van der Waals surface area (Å²) in [6.07, 6.45) is -8.98. The highest BCUT2D eigenvalue weighted by Crippen LogP contribution is 2.32. The molecule has 3 rings (SSSR count). The SMILES string of the molecule is CCC(C)C(NS(=O)(=O)c1cccc(C(F)(F)F)c1)C(=O)N1CCN(C(=O)Nc2cccc(C(F)(F)F)c2)C(C)C1. The summed E-state index contributed by atoms with van der Waals surface area (Å²) in [5, 5.41) is 2.42. The average molecular weight is 609 g/mol. The highest BCUT2D eigenvalue weighted by atomic mass is 32.2. The molecule has 2 aromatic rings. The van der Waals surface area contributed by atoms with E-state index < -0.39 is 68.3 Å². The van der Waals surface area contributed by atoms with Gasteiger partial charge in [0.2, 0.25) is 15.9 Å². The van der Waals surface area contributed by atoms with Crippen LogP contribution < -0.4 is 10.0 Å². The Morgan fingerprint density at radius 3 is 2.12 bits per heavy atom. The Hall–Kier alpha value is -3.33. The number of sulfonamides is 1. The lowest BCUT2D eigenvalue weighted by molar-refractivity contribution is -0.138. The van der Waals surface area contributed by atoms with Crippen LogP contribution in [0.5, 0.6) is 0 Å². The lowest BCUT2D eigenvalue weighted by Gasteiger charge is -2.41. The van der Waals surface area contributed by atoms with Crippen LogP contribution in [0, 0.1) is 5.92 Å². The number of anilines is 1. The van der Waals surface area contributed by atoms with Crippen LogP contribution in [0.25, 0.3) is 0 Å². The standard InChI is InChI=1S/C26H30F6N4O4S/c1-4-16(2)22(34-41(39,40)21-10-6-8-19(14-21)26(30,31)32)23(37)35-11-12-36(17(3)15-35)24(38)33-20-9-5-7-18(13-20)25(27,28)29/h5-10,13-14,16-17,22,34H,4,11-12,15H2,1-3H3,(H,33,38). The van der Waals surface area contributed by atoms with Crippen molar-refractivity contribution in [3.63, 3.8) is 0 Å². The molecule has 0 aliphatic carbocycles. The van der Waals surface area contributed by atoms with Crippen LogP contribution in [0.2, 0.25) is 0 Å². The van der Waals surface area contributed by atoms with Gasteiger partial charge in [-0.3, -0.25) is 4.79 Å². The number of benzene rings is 2. The van der Waals surface area contributed by atoms with E-state index in [2.05, 4.69) is 10.0 Å². The maximum atomic E-state index is 13.5. The minimum atomic E-state index is -4.76. The van der Waals surface area contributed by atoms with Gasteiger partial charge in [0.15, 0.2) is 0 Å². The molecule has 1 heterocycles. The first-order valence-electron chi connectivity index (χ1n) is 12.7. The predicted molar refractivity (Wildman–Crippen MR) is 138 cm³/mol. The molecule has 1 fully saturated rings. The molecule has 0 bridgehead atoms. The quantitative estimate of drug-likeness (QED) is 0.424. The van der Waals surface area contributed by atoms with Crippen molar-refractivity contribution < 1.29 is 44.3 Å². The summed E-state index contributed by atoms with van der Waals surface area (Å²) in [4.78, 5) is 28.3. The second-order valence-electron chi connectivity index (χ2n) is 9.85. The van der Waals surface area contributed by atoms with Crippen LogP contribution in [0.3, 0.4) is 0 Å². The lowest BCUT2D eigenvalue weighted by atomic mass is 9.98. The van der Waals surface area contributed by atoms with Crippen LogP contribution in [-0.2, 0) is 27.2 Å². The molecule has 1 aliphatic heterocycles. The first kappa shape index (κ1) is 32.2. The first-order valence-corrected chi connectivity index (χ1v) is 14.2. The van der Waals surface area contributed by atoms with Gasteiger partial charge in [-0.1, -0.05) is 32.4 Å². The van der Waals surface area contributed by atoms with Crippen LogP contribution in [0.15, 0.2) is 53.4 Å². The molecule has 41 heavy (non-hydrogen) atoms. The van der Waals surface area contributed by atoms with Crippen molar-refractivity contribution in [1.29, 1.82) is 0 Å². The van der Waals surface area contributed by atoms with E-state index in [1.807, 2.05) is 0 Å². The number of amides is 3. The van der Waals surface area contributed by atoms with Gasteiger partial charge in [0, 0.05) is 31.4 Å². The zero-order valence-electron chi connectivity index (χ0n) is 22.4. The molecule has 0 radical (unpaired) electrons. The maximum absolute atomic E-state index is 13.5. The molecule has 1 aliphatic rings. The number of urea groups is 1. The van der Waals surface area contributed by atoms with Crippen molar-refractivity contribution in [2.24, 2.45) is 5.92 Å². The molecule has 0 spiro atoms. The number of nitrogens with one attached hydrogen (secondary N) is 2. The average Bonchev–Trinajstić information content (AvgIpc) is 2.90. The number of piperazine rings is 1. The van der Waals surface area contributed by atoms with Crippen molar-refractivity contribution >= 4 is 27.6 Å². The van der Waals surface area contributed by atoms with E-state index in [0.29, 0.717) is 12.5 Å². The van der Waals surface area contributed by atoms with E-state index in [4.69, 9.17) is 0 Å². The Kier molecular flexibility index (Phi) is 9.63. The molecule has 0 aromatic heterocycles. The third kappa shape index (κ3) is 7.91. The summed E-state index contributed by atoms with van der Waals surface area (Å²) in [7, 11) is -4.52. The molecule has 8 nitrogen and oxygen atoms in total. The normalized spacial score (nSPS) is 18.1. The molecule has 2 aromatic carbocycles. The number of halogens is 6. The van der Waals surface area contributed by atoms with E-state index in [-0.39, 0.29) is 25.3 Å². The molecule has 3 unspecified atom stereocenters. The van der Waals surface area contributed by atoms with Gasteiger partial charge in [-0.2, -0.15) is 31.1 Å². The fraction of sp³-hybridized carbons (Fsp3) is 0.462. The number of alkyl halides is 6. The number of hydrogen-bond donors (Lipinski definition) is 2. The zero-order chi connectivity index (χ0) is 30.8. The van der Waals surface area contributed by atoms with Gasteiger partial charge >= 0.3 is 18.4 Å². The summed E-state index contributed by atoms with van der Waals surface area (Å²) in [5.74, 6) is -1.14. The molecule has 2 N–H and O–H groups in total.